The molecule has 2 aromatic heterocycles. The van der Waals surface area contributed by atoms with Gasteiger partial charge in [-0.2, -0.15) is 0 Å². The van der Waals surface area contributed by atoms with Crippen LogP contribution >= 0.6 is 11.3 Å². The number of hydrogen-bond donors (Lipinski definition) is 2. The Balaban J connectivity index is 1.87. The molecule has 23 heavy (non-hydrogen) atoms. The molecule has 0 saturated carbocycles. The average Bonchev–Trinajstić information content (AvgIpc) is 3.07. The van der Waals surface area contributed by atoms with Crippen LogP contribution in [-0.4, -0.2) is 34.5 Å². The number of hydrogen-bond acceptors (Lipinski definition) is 6. The Hall–Kier alpha value is -2.22. The Bertz CT molecular complexity index is 839. The predicted octanol–water partition coefficient (Wildman–Crippen LogP) is 1.15. The van der Waals surface area contributed by atoms with Gasteiger partial charge in [-0.3, -0.25) is 9.59 Å². The molecule has 3 rings (SSSR count). The number of ether oxygens (including phenoxy) is 1. The summed E-state index contributed by atoms with van der Waals surface area (Å²) >= 11 is 1.46. The second-order valence-electron chi connectivity index (χ2n) is 5.40. The topological polar surface area (TPSA) is 101 Å². The monoisotopic (exact) mass is 335 g/mol. The van der Waals surface area contributed by atoms with Gasteiger partial charge in [0.15, 0.2) is 0 Å². The van der Waals surface area contributed by atoms with Crippen molar-refractivity contribution < 1.29 is 14.3 Å². The van der Waals surface area contributed by atoms with Gasteiger partial charge in [0.1, 0.15) is 10.9 Å². The lowest BCUT2D eigenvalue weighted by Crippen LogP contribution is -2.40. The van der Waals surface area contributed by atoms with Crippen LogP contribution in [0, 0.1) is 0 Å². The standard InChI is InChI=1S/C15H17N3O4S/c1-3-22-15(21)7(2)16-13(20)11-17-12(19)10-8-5-4-6-9(8)23-14(10)18-11/h7H,3-6H2,1-2H3,(H,16,20)(H,17,18,19). The van der Waals surface area contributed by atoms with Gasteiger partial charge < -0.3 is 15.0 Å². The maximum absolute atomic E-state index is 12.3. The van der Waals surface area contributed by atoms with Crippen LogP contribution in [0.3, 0.4) is 0 Å². The largest absolute Gasteiger partial charge is 0.464 e. The molecule has 2 heterocycles. The fraction of sp³-hybridized carbons (Fsp3) is 0.467. The van der Waals surface area contributed by atoms with Gasteiger partial charge in [0.2, 0.25) is 5.82 Å². The molecule has 1 aliphatic rings. The van der Waals surface area contributed by atoms with Gasteiger partial charge in [-0.1, -0.05) is 0 Å². The predicted molar refractivity (Wildman–Crippen MR) is 85.8 cm³/mol. The minimum Gasteiger partial charge on any atom is -0.464 e. The van der Waals surface area contributed by atoms with E-state index >= 15 is 0 Å². The highest BCUT2D eigenvalue weighted by molar-refractivity contribution is 7.18. The van der Waals surface area contributed by atoms with E-state index in [9.17, 15) is 14.4 Å². The summed E-state index contributed by atoms with van der Waals surface area (Å²) in [7, 11) is 0. The number of aromatic amines is 1. The summed E-state index contributed by atoms with van der Waals surface area (Å²) in [6.07, 6.45) is 2.89. The molecular weight excluding hydrogens is 318 g/mol. The molecule has 2 aromatic rings. The van der Waals surface area contributed by atoms with Gasteiger partial charge in [-0.25, -0.2) is 9.78 Å². The molecule has 1 atom stereocenters. The number of nitrogens with zero attached hydrogens (tertiary/aromatic N) is 1. The van der Waals surface area contributed by atoms with Gasteiger partial charge in [0.25, 0.3) is 11.5 Å². The fourth-order valence-corrected chi connectivity index (χ4v) is 3.96. The number of nitrogens with one attached hydrogen (secondary N) is 2. The van der Waals surface area contributed by atoms with E-state index in [-0.39, 0.29) is 18.0 Å². The van der Waals surface area contributed by atoms with Crippen molar-refractivity contribution in [3.05, 3.63) is 26.6 Å². The summed E-state index contributed by atoms with van der Waals surface area (Å²) in [5.41, 5.74) is 0.758. The van der Waals surface area contributed by atoms with E-state index in [1.54, 1.807) is 6.92 Å². The molecule has 0 spiro atoms. The van der Waals surface area contributed by atoms with Crippen molar-refractivity contribution in [2.75, 3.05) is 6.61 Å². The van der Waals surface area contributed by atoms with E-state index in [1.807, 2.05) is 0 Å². The molecule has 122 valence electrons. The van der Waals surface area contributed by atoms with E-state index in [4.69, 9.17) is 4.74 Å². The van der Waals surface area contributed by atoms with Crippen LogP contribution < -0.4 is 10.9 Å². The molecule has 0 saturated heterocycles. The third kappa shape index (κ3) is 2.86. The normalized spacial score (nSPS) is 14.5. The lowest BCUT2D eigenvalue weighted by atomic mass is 10.2. The highest BCUT2D eigenvalue weighted by atomic mass is 32.1. The Morgan fingerprint density at radius 3 is 2.96 bits per heavy atom. The summed E-state index contributed by atoms with van der Waals surface area (Å²) in [4.78, 5) is 44.6. The Kier molecular flexibility index (Phi) is 4.16. The highest BCUT2D eigenvalue weighted by Crippen LogP contribution is 2.34. The lowest BCUT2D eigenvalue weighted by Gasteiger charge is -2.11. The van der Waals surface area contributed by atoms with Crippen molar-refractivity contribution in [3.63, 3.8) is 0 Å². The number of amides is 1. The summed E-state index contributed by atoms with van der Waals surface area (Å²) in [5.74, 6) is -1.21. The first-order valence-corrected chi connectivity index (χ1v) is 8.35. The van der Waals surface area contributed by atoms with Crippen LogP contribution in [0.5, 0.6) is 0 Å². The molecule has 0 radical (unpaired) electrons. The zero-order valence-corrected chi connectivity index (χ0v) is 13.7. The molecule has 0 aliphatic heterocycles. The third-order valence-electron chi connectivity index (χ3n) is 3.78. The van der Waals surface area contributed by atoms with E-state index < -0.39 is 17.9 Å². The molecule has 1 unspecified atom stereocenters. The van der Waals surface area contributed by atoms with Crippen LogP contribution in [0.1, 0.15) is 41.3 Å². The molecule has 0 bridgehead atoms. The first-order chi connectivity index (χ1) is 11.0. The number of thiophene rings is 1. The van der Waals surface area contributed by atoms with E-state index in [0.717, 1.165) is 24.8 Å². The Labute approximate surface area is 136 Å². The van der Waals surface area contributed by atoms with Gasteiger partial charge in [0.05, 0.1) is 12.0 Å². The van der Waals surface area contributed by atoms with Gasteiger partial charge >= 0.3 is 5.97 Å². The van der Waals surface area contributed by atoms with Crippen LogP contribution in [0.15, 0.2) is 4.79 Å². The van der Waals surface area contributed by atoms with Crippen molar-refractivity contribution in [2.24, 2.45) is 0 Å². The molecular formula is C15H17N3O4S. The molecule has 0 aromatic carbocycles. The van der Waals surface area contributed by atoms with Crippen LogP contribution in [0.2, 0.25) is 0 Å². The third-order valence-corrected chi connectivity index (χ3v) is 4.96. The average molecular weight is 335 g/mol. The molecule has 2 N–H and O–H groups in total. The minimum absolute atomic E-state index is 0.0847. The number of aromatic nitrogens is 2. The maximum atomic E-state index is 12.3. The smallest absolute Gasteiger partial charge is 0.328 e. The number of aryl methyl sites for hydroxylation is 2. The van der Waals surface area contributed by atoms with Gasteiger partial charge in [-0.15, -0.1) is 11.3 Å². The molecule has 1 aliphatic carbocycles. The zero-order chi connectivity index (χ0) is 16.6. The summed E-state index contributed by atoms with van der Waals surface area (Å²) in [6, 6.07) is -0.809. The second-order valence-corrected chi connectivity index (χ2v) is 6.48. The molecule has 8 heteroatoms. The van der Waals surface area contributed by atoms with Crippen molar-refractivity contribution in [2.45, 2.75) is 39.2 Å². The quantitative estimate of drug-likeness (QED) is 0.816. The van der Waals surface area contributed by atoms with Crippen molar-refractivity contribution in [3.8, 4) is 0 Å². The number of fused-ring (bicyclic) bond motifs is 3. The zero-order valence-electron chi connectivity index (χ0n) is 12.9. The van der Waals surface area contributed by atoms with E-state index in [0.29, 0.717) is 10.2 Å². The molecule has 0 fully saturated rings. The summed E-state index contributed by atoms with van der Waals surface area (Å²) in [6.45, 7) is 3.45. The van der Waals surface area contributed by atoms with Crippen LogP contribution in [-0.2, 0) is 22.4 Å². The first-order valence-electron chi connectivity index (χ1n) is 7.53. The second kappa shape index (κ2) is 6.11. The van der Waals surface area contributed by atoms with Crippen molar-refractivity contribution in [1.29, 1.82) is 0 Å². The lowest BCUT2D eigenvalue weighted by molar-refractivity contribution is -0.144. The van der Waals surface area contributed by atoms with E-state index in [2.05, 4.69) is 15.3 Å². The van der Waals surface area contributed by atoms with Crippen molar-refractivity contribution in [1.82, 2.24) is 15.3 Å². The number of carbonyl (C=O) groups excluding carboxylic acids is 2. The van der Waals surface area contributed by atoms with Gasteiger partial charge in [-0.05, 0) is 38.7 Å². The Morgan fingerprint density at radius 1 is 1.43 bits per heavy atom. The van der Waals surface area contributed by atoms with E-state index in [1.165, 1.54) is 23.1 Å². The van der Waals surface area contributed by atoms with Crippen LogP contribution in [0.25, 0.3) is 10.2 Å². The van der Waals surface area contributed by atoms with Gasteiger partial charge in [0, 0.05) is 4.88 Å². The Morgan fingerprint density at radius 2 is 2.22 bits per heavy atom. The number of esters is 1. The molecule has 7 nitrogen and oxygen atoms in total. The fourth-order valence-electron chi connectivity index (χ4n) is 2.70. The maximum Gasteiger partial charge on any atom is 0.328 e. The summed E-state index contributed by atoms with van der Waals surface area (Å²) in [5, 5.41) is 3.08. The van der Waals surface area contributed by atoms with Crippen molar-refractivity contribution >= 4 is 33.4 Å². The minimum atomic E-state index is -0.809. The number of H-pyrrole nitrogens is 1. The summed E-state index contributed by atoms with van der Waals surface area (Å²) < 4.78 is 4.83. The number of carbonyl (C=O) groups is 2. The SMILES string of the molecule is CCOC(=O)C(C)NC(=O)c1nc2sc3c(c2c(=O)[nH]1)CCC3. The first kappa shape index (κ1) is 15.7. The number of rotatable bonds is 4. The van der Waals surface area contributed by atoms with Crippen LogP contribution in [0.4, 0.5) is 0 Å². The highest BCUT2D eigenvalue weighted by Gasteiger charge is 2.24. The molecule has 1 amide bonds.